The maximum Gasteiger partial charge on any atom is 0.257 e. The van der Waals surface area contributed by atoms with Crippen LogP contribution in [0.4, 0.5) is 0 Å². The van der Waals surface area contributed by atoms with Crippen molar-refractivity contribution in [1.82, 2.24) is 9.88 Å². The van der Waals surface area contributed by atoms with Gasteiger partial charge in [-0.15, -0.1) is 0 Å². The van der Waals surface area contributed by atoms with Gasteiger partial charge in [0.15, 0.2) is 0 Å². The SMILES string of the molecule is CC1CCCN(C(=O)c2ccncc2O)C1C. The molecule has 1 saturated heterocycles. The normalized spacial score (nSPS) is 24.7. The predicted molar refractivity (Wildman–Crippen MR) is 64.8 cm³/mol. The van der Waals surface area contributed by atoms with Crippen LogP contribution in [0.25, 0.3) is 0 Å². The number of hydrogen-bond donors (Lipinski definition) is 1. The van der Waals surface area contributed by atoms with Crippen LogP contribution >= 0.6 is 0 Å². The number of aromatic hydroxyl groups is 1. The Balaban J connectivity index is 2.23. The van der Waals surface area contributed by atoms with Crippen molar-refractivity contribution < 1.29 is 9.90 Å². The summed E-state index contributed by atoms with van der Waals surface area (Å²) in [6.07, 6.45) is 5.03. The van der Waals surface area contributed by atoms with Crippen LogP contribution in [0.5, 0.6) is 5.75 Å². The summed E-state index contributed by atoms with van der Waals surface area (Å²) in [6.45, 7) is 5.00. The quantitative estimate of drug-likeness (QED) is 0.809. The highest BCUT2D eigenvalue weighted by atomic mass is 16.3. The van der Waals surface area contributed by atoms with Gasteiger partial charge in [-0.3, -0.25) is 9.78 Å². The van der Waals surface area contributed by atoms with Crippen molar-refractivity contribution in [3.05, 3.63) is 24.0 Å². The van der Waals surface area contributed by atoms with E-state index in [-0.39, 0.29) is 17.7 Å². The number of piperidine rings is 1. The summed E-state index contributed by atoms with van der Waals surface area (Å²) >= 11 is 0. The van der Waals surface area contributed by atoms with Crippen LogP contribution in [0, 0.1) is 5.92 Å². The number of nitrogens with zero attached hydrogens (tertiary/aromatic N) is 2. The molecule has 4 nitrogen and oxygen atoms in total. The summed E-state index contributed by atoms with van der Waals surface area (Å²) < 4.78 is 0. The third-order valence-corrected chi connectivity index (χ3v) is 3.66. The molecule has 0 radical (unpaired) electrons. The Morgan fingerprint density at radius 1 is 1.53 bits per heavy atom. The molecule has 2 heterocycles. The Bertz CT molecular complexity index is 420. The van der Waals surface area contributed by atoms with E-state index in [4.69, 9.17) is 0 Å². The molecule has 2 atom stereocenters. The Morgan fingerprint density at radius 2 is 2.29 bits per heavy atom. The van der Waals surface area contributed by atoms with E-state index in [1.165, 1.54) is 12.4 Å². The van der Waals surface area contributed by atoms with E-state index < -0.39 is 0 Å². The molecule has 1 aromatic rings. The minimum Gasteiger partial charge on any atom is -0.505 e. The first kappa shape index (κ1) is 11.9. The van der Waals surface area contributed by atoms with Gasteiger partial charge in [0.25, 0.3) is 5.91 Å². The number of carbonyl (C=O) groups is 1. The average Bonchev–Trinajstić information content (AvgIpc) is 2.32. The van der Waals surface area contributed by atoms with Crippen molar-refractivity contribution in [2.24, 2.45) is 5.92 Å². The Morgan fingerprint density at radius 3 is 3.00 bits per heavy atom. The van der Waals surface area contributed by atoms with Crippen molar-refractivity contribution in [1.29, 1.82) is 0 Å². The van der Waals surface area contributed by atoms with E-state index in [1.807, 2.05) is 4.90 Å². The van der Waals surface area contributed by atoms with Crippen molar-refractivity contribution in [3.63, 3.8) is 0 Å². The van der Waals surface area contributed by atoms with Crippen LogP contribution in [0.3, 0.4) is 0 Å². The fourth-order valence-corrected chi connectivity index (χ4v) is 2.34. The number of pyridine rings is 1. The summed E-state index contributed by atoms with van der Waals surface area (Å²) in [6, 6.07) is 1.80. The average molecular weight is 234 g/mol. The lowest BCUT2D eigenvalue weighted by atomic mass is 9.91. The molecule has 2 rings (SSSR count). The lowest BCUT2D eigenvalue weighted by Crippen LogP contribution is -2.46. The second-order valence-electron chi connectivity index (χ2n) is 4.75. The van der Waals surface area contributed by atoms with Crippen LogP contribution in [0.2, 0.25) is 0 Å². The molecule has 17 heavy (non-hydrogen) atoms. The molecule has 4 heteroatoms. The molecule has 92 valence electrons. The van der Waals surface area contributed by atoms with Gasteiger partial charge in [-0.1, -0.05) is 6.92 Å². The number of rotatable bonds is 1. The molecule has 0 aliphatic carbocycles. The zero-order chi connectivity index (χ0) is 12.4. The Labute approximate surface area is 101 Å². The zero-order valence-corrected chi connectivity index (χ0v) is 10.3. The maximum absolute atomic E-state index is 12.3. The summed E-state index contributed by atoms with van der Waals surface area (Å²) in [7, 11) is 0. The number of carbonyl (C=O) groups excluding carboxylic acids is 1. The summed E-state index contributed by atoms with van der Waals surface area (Å²) in [5, 5.41) is 9.65. The molecule has 1 fully saturated rings. The van der Waals surface area contributed by atoms with Crippen molar-refractivity contribution in [2.75, 3.05) is 6.54 Å². The molecular formula is C13H18N2O2. The maximum atomic E-state index is 12.3. The first-order chi connectivity index (χ1) is 8.11. The molecule has 0 aromatic carbocycles. The second kappa shape index (κ2) is 4.73. The third-order valence-electron chi connectivity index (χ3n) is 3.66. The van der Waals surface area contributed by atoms with Crippen molar-refractivity contribution in [2.45, 2.75) is 32.7 Å². The van der Waals surface area contributed by atoms with E-state index in [2.05, 4.69) is 18.8 Å². The molecule has 0 bridgehead atoms. The van der Waals surface area contributed by atoms with E-state index in [0.29, 0.717) is 11.5 Å². The molecule has 1 aromatic heterocycles. The van der Waals surface area contributed by atoms with Crippen LogP contribution in [0.15, 0.2) is 18.5 Å². The summed E-state index contributed by atoms with van der Waals surface area (Å²) in [4.78, 5) is 18.0. The topological polar surface area (TPSA) is 53.4 Å². The lowest BCUT2D eigenvalue weighted by molar-refractivity contribution is 0.0548. The van der Waals surface area contributed by atoms with Crippen molar-refractivity contribution >= 4 is 5.91 Å². The van der Waals surface area contributed by atoms with Crippen LogP contribution in [0.1, 0.15) is 37.0 Å². The van der Waals surface area contributed by atoms with Gasteiger partial charge in [-0.25, -0.2) is 0 Å². The highest BCUT2D eigenvalue weighted by Gasteiger charge is 2.29. The highest BCUT2D eigenvalue weighted by Crippen LogP contribution is 2.26. The molecule has 2 unspecified atom stereocenters. The fourth-order valence-electron chi connectivity index (χ4n) is 2.34. The molecule has 1 aliphatic rings. The van der Waals surface area contributed by atoms with Gasteiger partial charge < -0.3 is 10.0 Å². The van der Waals surface area contributed by atoms with Crippen LogP contribution in [-0.2, 0) is 0 Å². The molecular weight excluding hydrogens is 216 g/mol. The minimum atomic E-state index is -0.0936. The number of aromatic nitrogens is 1. The van der Waals surface area contributed by atoms with Gasteiger partial charge in [-0.05, 0) is 31.7 Å². The van der Waals surface area contributed by atoms with Gasteiger partial charge in [0.2, 0.25) is 0 Å². The van der Waals surface area contributed by atoms with Gasteiger partial charge in [0.05, 0.1) is 11.8 Å². The van der Waals surface area contributed by atoms with E-state index in [0.717, 1.165) is 19.4 Å². The van der Waals surface area contributed by atoms with Crippen LogP contribution < -0.4 is 0 Å². The van der Waals surface area contributed by atoms with Gasteiger partial charge in [0, 0.05) is 18.8 Å². The fraction of sp³-hybridized carbons (Fsp3) is 0.538. The number of likely N-dealkylation sites (tertiary alicyclic amines) is 1. The van der Waals surface area contributed by atoms with Gasteiger partial charge in [-0.2, -0.15) is 0 Å². The second-order valence-corrected chi connectivity index (χ2v) is 4.75. The standard InChI is InChI=1S/C13H18N2O2/c1-9-4-3-7-15(10(9)2)13(17)11-5-6-14-8-12(11)16/h5-6,8-10,16H,3-4,7H2,1-2H3. The van der Waals surface area contributed by atoms with E-state index in [9.17, 15) is 9.90 Å². The van der Waals surface area contributed by atoms with Gasteiger partial charge >= 0.3 is 0 Å². The predicted octanol–water partition coefficient (Wildman–Crippen LogP) is 2.05. The molecule has 0 spiro atoms. The highest BCUT2D eigenvalue weighted by molar-refractivity contribution is 5.96. The molecule has 1 aliphatic heterocycles. The first-order valence-electron chi connectivity index (χ1n) is 6.05. The molecule has 0 saturated carbocycles. The summed E-state index contributed by atoms with van der Waals surface area (Å²) in [5.41, 5.74) is 0.348. The van der Waals surface area contributed by atoms with Crippen molar-refractivity contribution in [3.8, 4) is 5.75 Å². The largest absolute Gasteiger partial charge is 0.505 e. The Kier molecular flexibility index (Phi) is 3.31. The van der Waals surface area contributed by atoms with E-state index in [1.54, 1.807) is 6.07 Å². The third kappa shape index (κ3) is 2.25. The van der Waals surface area contributed by atoms with Crippen LogP contribution in [-0.4, -0.2) is 33.5 Å². The van der Waals surface area contributed by atoms with Gasteiger partial charge in [0.1, 0.15) is 5.75 Å². The molecule has 1 amide bonds. The number of amides is 1. The number of hydrogen-bond acceptors (Lipinski definition) is 3. The summed E-state index contributed by atoms with van der Waals surface area (Å²) in [5.74, 6) is 0.378. The minimum absolute atomic E-state index is 0.0390. The monoisotopic (exact) mass is 234 g/mol. The first-order valence-corrected chi connectivity index (χ1v) is 6.05. The lowest BCUT2D eigenvalue weighted by Gasteiger charge is -2.38. The van der Waals surface area contributed by atoms with E-state index >= 15 is 0 Å². The zero-order valence-electron chi connectivity index (χ0n) is 10.3. The molecule has 1 N–H and O–H groups in total. The Hall–Kier alpha value is -1.58. The smallest absolute Gasteiger partial charge is 0.257 e.